The molecule has 0 radical (unpaired) electrons. The van der Waals surface area contributed by atoms with Crippen LogP contribution in [0.5, 0.6) is 5.75 Å². The second-order valence-electron chi connectivity index (χ2n) is 11.3. The van der Waals surface area contributed by atoms with Gasteiger partial charge in [0, 0.05) is 5.39 Å². The number of imidazole rings is 1. The zero-order valence-corrected chi connectivity index (χ0v) is 26.2. The number of fused-ring (bicyclic) bond motifs is 2. The second-order valence-corrected chi connectivity index (χ2v) is 13.0. The van der Waals surface area contributed by atoms with Crippen molar-refractivity contribution in [3.63, 3.8) is 0 Å². The van der Waals surface area contributed by atoms with Crippen LogP contribution in [0.1, 0.15) is 31.2 Å². The van der Waals surface area contributed by atoms with Crippen LogP contribution in [0.3, 0.4) is 0 Å². The summed E-state index contributed by atoms with van der Waals surface area (Å²) in [6.07, 6.45) is -2.82. The molecule has 1 fully saturated rings. The summed E-state index contributed by atoms with van der Waals surface area (Å²) < 4.78 is 38.7. The van der Waals surface area contributed by atoms with Crippen LogP contribution >= 0.6 is 7.75 Å². The van der Waals surface area contributed by atoms with Crippen molar-refractivity contribution in [3.05, 3.63) is 101 Å². The van der Waals surface area contributed by atoms with E-state index in [-0.39, 0.29) is 29.6 Å². The SMILES string of the molecule is C[C@H](NP(=O)(OC[C@H]1O[C@@H](c2cnc3c(=O)[nH]c(N)nn23)[C@](C)(O)[C@@H]1O)Oc1cccc2ccccc12)C(=O)OCc1ccccc1. The minimum atomic E-state index is -4.42. The number of hydrogen-bond acceptors (Lipinski definition) is 12. The van der Waals surface area contributed by atoms with Crippen molar-refractivity contribution in [1.29, 1.82) is 0 Å². The van der Waals surface area contributed by atoms with E-state index in [1.807, 2.05) is 36.4 Å². The van der Waals surface area contributed by atoms with Gasteiger partial charge >= 0.3 is 13.7 Å². The molecule has 47 heavy (non-hydrogen) atoms. The van der Waals surface area contributed by atoms with Crippen molar-refractivity contribution < 1.29 is 38.1 Å². The molecule has 3 aromatic carbocycles. The summed E-state index contributed by atoms with van der Waals surface area (Å²) in [4.78, 5) is 31.6. The normalized spacial score (nSPS) is 23.0. The molecule has 1 unspecified atom stereocenters. The molecule has 2 aromatic heterocycles. The van der Waals surface area contributed by atoms with Crippen LogP contribution in [0.2, 0.25) is 0 Å². The topological polar surface area (TPSA) is 213 Å². The van der Waals surface area contributed by atoms with Gasteiger partial charge in [0.05, 0.1) is 18.5 Å². The number of nitrogens with one attached hydrogen (secondary N) is 2. The van der Waals surface area contributed by atoms with Crippen molar-refractivity contribution in [2.45, 2.75) is 50.4 Å². The third kappa shape index (κ3) is 6.63. The lowest BCUT2D eigenvalue weighted by Gasteiger charge is -2.26. The van der Waals surface area contributed by atoms with Crippen LogP contribution in [0, 0.1) is 0 Å². The highest BCUT2D eigenvalue weighted by molar-refractivity contribution is 7.52. The number of nitrogens with two attached hydrogens (primary N) is 1. The molecule has 5 aromatic rings. The predicted octanol–water partition coefficient (Wildman–Crippen LogP) is 2.63. The Balaban J connectivity index is 1.24. The van der Waals surface area contributed by atoms with E-state index in [1.54, 1.807) is 36.4 Å². The first-order chi connectivity index (χ1) is 22.4. The Bertz CT molecular complexity index is 2010. The molecule has 1 aliphatic rings. The molecular weight excluding hydrogens is 631 g/mol. The highest BCUT2D eigenvalue weighted by Crippen LogP contribution is 2.49. The number of ether oxygens (including phenoxy) is 2. The number of carbonyl (C=O) groups excluding carboxylic acids is 1. The number of rotatable bonds is 11. The number of aliphatic hydroxyl groups is 2. The monoisotopic (exact) mass is 664 g/mol. The Morgan fingerprint density at radius 2 is 1.89 bits per heavy atom. The standard InChI is InChI=1S/C31H33N6O9P/c1-18(29(40)43-16-19-9-4-3-5-10-19)36-47(42,46-23-14-8-12-20-11-6-7-13-21(20)23)44-17-24-25(38)31(2,41)26(45-24)22-15-33-27-28(39)34-30(32)35-37(22)27/h3-15,18,24-26,38,41H,16-17H2,1-2H3,(H,36,42)(H3,32,34,35,39)/t18-,24+,25+,26-,31+,47?/m0/s1. The molecule has 246 valence electrons. The van der Waals surface area contributed by atoms with E-state index >= 15 is 0 Å². The smallest absolute Gasteiger partial charge is 0.459 e. The lowest BCUT2D eigenvalue weighted by Crippen LogP contribution is -2.43. The maximum absolute atomic E-state index is 14.4. The van der Waals surface area contributed by atoms with E-state index in [1.165, 1.54) is 20.0 Å². The summed E-state index contributed by atoms with van der Waals surface area (Å²) >= 11 is 0. The molecule has 6 N–H and O–H groups in total. The molecule has 0 bridgehead atoms. The molecule has 1 saturated heterocycles. The Labute approximate surface area is 267 Å². The van der Waals surface area contributed by atoms with E-state index in [9.17, 15) is 24.4 Å². The van der Waals surface area contributed by atoms with Crippen LogP contribution in [0.15, 0.2) is 83.8 Å². The van der Waals surface area contributed by atoms with Gasteiger partial charge in [-0.3, -0.25) is 19.1 Å². The fraction of sp³-hybridized carbons (Fsp3) is 0.290. The van der Waals surface area contributed by atoms with E-state index in [0.717, 1.165) is 15.5 Å². The van der Waals surface area contributed by atoms with E-state index < -0.39 is 55.8 Å². The first-order valence-electron chi connectivity index (χ1n) is 14.6. The predicted molar refractivity (Wildman–Crippen MR) is 169 cm³/mol. The molecule has 0 aliphatic carbocycles. The van der Waals surface area contributed by atoms with Crippen LogP contribution in [0.4, 0.5) is 5.95 Å². The number of benzene rings is 3. The van der Waals surface area contributed by atoms with Gasteiger partial charge in [-0.05, 0) is 30.9 Å². The van der Waals surface area contributed by atoms with Gasteiger partial charge in [0.1, 0.15) is 42.3 Å². The average molecular weight is 665 g/mol. The maximum Gasteiger partial charge on any atom is 0.459 e. The first kappa shape index (κ1) is 32.3. The molecule has 1 aliphatic heterocycles. The van der Waals surface area contributed by atoms with Gasteiger partial charge in [-0.1, -0.05) is 66.7 Å². The summed E-state index contributed by atoms with van der Waals surface area (Å²) in [5, 5.41) is 30.6. The van der Waals surface area contributed by atoms with Crippen molar-refractivity contribution in [2.75, 3.05) is 12.3 Å². The van der Waals surface area contributed by atoms with Crippen LogP contribution in [0.25, 0.3) is 16.4 Å². The molecule has 6 rings (SSSR count). The number of aliphatic hydroxyl groups excluding tert-OH is 1. The number of hydrogen-bond donors (Lipinski definition) is 5. The molecule has 0 saturated carbocycles. The van der Waals surface area contributed by atoms with Gasteiger partial charge in [-0.15, -0.1) is 5.10 Å². The molecule has 0 spiro atoms. The van der Waals surface area contributed by atoms with Gasteiger partial charge in [0.15, 0.2) is 0 Å². The molecule has 16 heteroatoms. The summed E-state index contributed by atoms with van der Waals surface area (Å²) in [5.41, 5.74) is 3.94. The highest BCUT2D eigenvalue weighted by atomic mass is 31.2. The number of anilines is 1. The van der Waals surface area contributed by atoms with Crippen LogP contribution in [-0.4, -0.2) is 66.2 Å². The van der Waals surface area contributed by atoms with Crippen molar-refractivity contribution in [3.8, 4) is 5.75 Å². The largest absolute Gasteiger partial charge is 0.460 e. The quantitative estimate of drug-likeness (QED) is 0.102. The number of aromatic nitrogens is 4. The van der Waals surface area contributed by atoms with Crippen molar-refractivity contribution in [1.82, 2.24) is 24.7 Å². The minimum Gasteiger partial charge on any atom is -0.460 e. The van der Waals surface area contributed by atoms with E-state index in [0.29, 0.717) is 5.39 Å². The van der Waals surface area contributed by atoms with Crippen LogP contribution in [-0.2, 0) is 30.0 Å². The number of nitrogens with zero attached hydrogens (tertiary/aromatic N) is 3. The number of aromatic amines is 1. The van der Waals surface area contributed by atoms with Gasteiger partial charge in [0.2, 0.25) is 11.6 Å². The first-order valence-corrected chi connectivity index (χ1v) is 16.2. The fourth-order valence-corrected chi connectivity index (χ4v) is 6.85. The summed E-state index contributed by atoms with van der Waals surface area (Å²) in [7, 11) is -4.42. The zero-order chi connectivity index (χ0) is 33.3. The summed E-state index contributed by atoms with van der Waals surface area (Å²) in [5.74, 6) is -0.705. The van der Waals surface area contributed by atoms with Gasteiger partial charge in [-0.2, -0.15) is 5.09 Å². The molecule has 3 heterocycles. The van der Waals surface area contributed by atoms with Crippen molar-refractivity contribution in [2.24, 2.45) is 0 Å². The molecule has 0 amide bonds. The highest BCUT2D eigenvalue weighted by Gasteiger charge is 2.54. The number of carbonyl (C=O) groups is 1. The Morgan fingerprint density at radius 1 is 1.17 bits per heavy atom. The molecular formula is C31H33N6O9P. The number of esters is 1. The average Bonchev–Trinajstić information content (AvgIpc) is 3.56. The summed E-state index contributed by atoms with van der Waals surface area (Å²) in [6, 6.07) is 20.3. The van der Waals surface area contributed by atoms with Gasteiger partial charge in [0.25, 0.3) is 5.56 Å². The minimum absolute atomic E-state index is 0.00470. The fourth-order valence-electron chi connectivity index (χ4n) is 5.33. The van der Waals surface area contributed by atoms with Gasteiger partial charge < -0.3 is 29.9 Å². The third-order valence-electron chi connectivity index (χ3n) is 7.78. The zero-order valence-electron chi connectivity index (χ0n) is 25.3. The Hall–Kier alpha value is -4.63. The summed E-state index contributed by atoms with van der Waals surface area (Å²) in [6.45, 7) is 2.22. The lowest BCUT2D eigenvalue weighted by atomic mass is 9.91. The number of H-pyrrole nitrogens is 1. The lowest BCUT2D eigenvalue weighted by molar-refractivity contribution is -0.146. The second kappa shape index (κ2) is 12.9. The third-order valence-corrected chi connectivity index (χ3v) is 9.41. The van der Waals surface area contributed by atoms with Gasteiger partial charge in [-0.25, -0.2) is 14.1 Å². The Morgan fingerprint density at radius 3 is 2.68 bits per heavy atom. The van der Waals surface area contributed by atoms with E-state index in [2.05, 4.69) is 20.2 Å². The molecule has 15 nitrogen and oxygen atoms in total. The number of nitrogen functional groups attached to an aromatic ring is 1. The van der Waals surface area contributed by atoms with E-state index in [4.69, 9.17) is 24.3 Å². The maximum atomic E-state index is 14.4. The Kier molecular flexibility index (Phi) is 8.85. The molecule has 6 atom stereocenters. The van der Waals surface area contributed by atoms with Crippen LogP contribution < -0.4 is 20.9 Å². The van der Waals surface area contributed by atoms with Crippen molar-refractivity contribution >= 4 is 36.1 Å².